The molecule has 0 atom stereocenters. The minimum Gasteiger partial charge on any atom is -0.508 e. The van der Waals surface area contributed by atoms with Gasteiger partial charge in [0.1, 0.15) is 11.8 Å². The lowest BCUT2D eigenvalue weighted by atomic mass is 10.1. The molecule has 2 aromatic rings. The van der Waals surface area contributed by atoms with Crippen molar-refractivity contribution in [3.05, 3.63) is 53.1 Å². The molecule has 2 aromatic carbocycles. The zero-order valence-corrected chi connectivity index (χ0v) is 12.0. The van der Waals surface area contributed by atoms with Crippen LogP contribution in [0.3, 0.4) is 0 Å². The van der Waals surface area contributed by atoms with Crippen LogP contribution >= 0.6 is 0 Å². The van der Waals surface area contributed by atoms with Gasteiger partial charge in [0.15, 0.2) is 0 Å². The van der Waals surface area contributed by atoms with Crippen molar-refractivity contribution in [2.45, 2.75) is 20.8 Å². The van der Waals surface area contributed by atoms with Gasteiger partial charge in [0.05, 0.1) is 11.3 Å². The number of rotatable bonds is 3. The van der Waals surface area contributed by atoms with E-state index >= 15 is 0 Å². The van der Waals surface area contributed by atoms with Crippen molar-refractivity contribution in [1.29, 1.82) is 5.26 Å². The first-order chi connectivity index (χ1) is 9.56. The molecule has 0 heterocycles. The van der Waals surface area contributed by atoms with Gasteiger partial charge in [-0.2, -0.15) is 5.26 Å². The first-order valence-electron chi connectivity index (χ1n) is 6.64. The number of phenols is 1. The van der Waals surface area contributed by atoms with Crippen LogP contribution in [0.2, 0.25) is 0 Å². The average Bonchev–Trinajstić information content (AvgIpc) is 2.44. The maximum absolute atomic E-state index is 9.72. The maximum Gasteiger partial charge on any atom is 0.117 e. The smallest absolute Gasteiger partial charge is 0.117 e. The number of hydrogen-bond donors (Lipinski definition) is 1. The Hall–Kier alpha value is -2.47. The second kappa shape index (κ2) is 5.66. The second-order valence-corrected chi connectivity index (χ2v) is 4.85. The molecule has 20 heavy (non-hydrogen) atoms. The van der Waals surface area contributed by atoms with Crippen LogP contribution in [0, 0.1) is 25.2 Å². The molecule has 2 rings (SSSR count). The molecule has 0 bridgehead atoms. The third kappa shape index (κ3) is 2.60. The fourth-order valence-corrected chi connectivity index (χ4v) is 2.32. The highest BCUT2D eigenvalue weighted by Crippen LogP contribution is 2.33. The van der Waals surface area contributed by atoms with E-state index in [9.17, 15) is 10.4 Å². The monoisotopic (exact) mass is 266 g/mol. The molecule has 0 aliphatic heterocycles. The van der Waals surface area contributed by atoms with Crippen molar-refractivity contribution in [3.63, 3.8) is 0 Å². The van der Waals surface area contributed by atoms with Gasteiger partial charge in [-0.3, -0.25) is 0 Å². The molecule has 1 N–H and O–H groups in total. The van der Waals surface area contributed by atoms with Crippen molar-refractivity contribution < 1.29 is 5.11 Å². The molecule has 0 saturated heterocycles. The number of aromatic hydroxyl groups is 1. The molecule has 0 aliphatic carbocycles. The number of nitrogens with zero attached hydrogens (tertiary/aromatic N) is 2. The van der Waals surface area contributed by atoms with Crippen molar-refractivity contribution in [2.75, 3.05) is 11.4 Å². The van der Waals surface area contributed by atoms with E-state index < -0.39 is 0 Å². The van der Waals surface area contributed by atoms with E-state index in [0.29, 0.717) is 5.56 Å². The molecule has 0 saturated carbocycles. The summed E-state index contributed by atoms with van der Waals surface area (Å²) in [6.45, 7) is 6.77. The molecule has 0 unspecified atom stereocenters. The van der Waals surface area contributed by atoms with Gasteiger partial charge in [0.2, 0.25) is 0 Å². The van der Waals surface area contributed by atoms with Crippen molar-refractivity contribution in [3.8, 4) is 11.8 Å². The average molecular weight is 266 g/mol. The highest BCUT2D eigenvalue weighted by molar-refractivity contribution is 5.72. The quantitative estimate of drug-likeness (QED) is 0.912. The normalized spacial score (nSPS) is 10.1. The number of hydrogen-bond acceptors (Lipinski definition) is 3. The SMILES string of the molecule is CCN(c1cc(O)ccc1C)c1cc(C)ccc1C#N. The summed E-state index contributed by atoms with van der Waals surface area (Å²) < 4.78 is 0. The van der Waals surface area contributed by atoms with Crippen LogP contribution in [-0.4, -0.2) is 11.7 Å². The lowest BCUT2D eigenvalue weighted by Crippen LogP contribution is -2.18. The number of anilines is 2. The molecular formula is C17H18N2O. The van der Waals surface area contributed by atoms with Crippen LogP contribution in [0.25, 0.3) is 0 Å². The summed E-state index contributed by atoms with van der Waals surface area (Å²) in [5, 5.41) is 19.0. The van der Waals surface area contributed by atoms with Crippen LogP contribution < -0.4 is 4.90 Å². The van der Waals surface area contributed by atoms with Crippen LogP contribution in [0.5, 0.6) is 5.75 Å². The Balaban J connectivity index is 2.61. The fraction of sp³-hybridized carbons (Fsp3) is 0.235. The van der Waals surface area contributed by atoms with E-state index in [4.69, 9.17) is 0 Å². The zero-order valence-electron chi connectivity index (χ0n) is 12.0. The van der Waals surface area contributed by atoms with Crippen molar-refractivity contribution in [1.82, 2.24) is 0 Å². The number of aryl methyl sites for hydroxylation is 2. The topological polar surface area (TPSA) is 47.3 Å². The number of phenolic OH excluding ortho intramolecular Hbond substituents is 1. The highest BCUT2D eigenvalue weighted by atomic mass is 16.3. The third-order valence-electron chi connectivity index (χ3n) is 3.36. The fourth-order valence-electron chi connectivity index (χ4n) is 2.32. The summed E-state index contributed by atoms with van der Waals surface area (Å²) in [6.07, 6.45) is 0. The summed E-state index contributed by atoms with van der Waals surface area (Å²) in [7, 11) is 0. The molecule has 102 valence electrons. The van der Waals surface area contributed by atoms with Gasteiger partial charge < -0.3 is 10.0 Å². The van der Waals surface area contributed by atoms with E-state index in [-0.39, 0.29) is 5.75 Å². The van der Waals surface area contributed by atoms with E-state index in [2.05, 4.69) is 11.0 Å². The Kier molecular flexibility index (Phi) is 3.95. The number of nitriles is 1. The molecule has 3 heteroatoms. The van der Waals surface area contributed by atoms with E-state index in [0.717, 1.165) is 29.0 Å². The summed E-state index contributed by atoms with van der Waals surface area (Å²) >= 11 is 0. The molecule has 0 amide bonds. The van der Waals surface area contributed by atoms with Gasteiger partial charge in [0.25, 0.3) is 0 Å². The molecule has 0 fully saturated rings. The molecule has 0 aliphatic rings. The van der Waals surface area contributed by atoms with Gasteiger partial charge >= 0.3 is 0 Å². The lowest BCUT2D eigenvalue weighted by molar-refractivity contribution is 0.475. The van der Waals surface area contributed by atoms with Gasteiger partial charge in [-0.1, -0.05) is 12.1 Å². The maximum atomic E-state index is 9.72. The van der Waals surface area contributed by atoms with E-state index in [1.165, 1.54) is 0 Å². The Morgan fingerprint density at radius 2 is 1.85 bits per heavy atom. The summed E-state index contributed by atoms with van der Waals surface area (Å²) in [6, 6.07) is 13.3. The van der Waals surface area contributed by atoms with Crippen LogP contribution in [-0.2, 0) is 0 Å². The molecular weight excluding hydrogens is 248 g/mol. The molecule has 3 nitrogen and oxygen atoms in total. The van der Waals surface area contributed by atoms with Crippen molar-refractivity contribution in [2.24, 2.45) is 0 Å². The minimum atomic E-state index is 0.232. The molecule has 0 spiro atoms. The number of benzene rings is 2. The first kappa shape index (κ1) is 14.0. The van der Waals surface area contributed by atoms with Gasteiger partial charge in [-0.25, -0.2) is 0 Å². The minimum absolute atomic E-state index is 0.232. The Morgan fingerprint density at radius 1 is 1.10 bits per heavy atom. The third-order valence-corrected chi connectivity index (χ3v) is 3.36. The molecule has 0 aromatic heterocycles. The first-order valence-corrected chi connectivity index (χ1v) is 6.64. The Labute approximate surface area is 119 Å². The van der Waals surface area contributed by atoms with Crippen LogP contribution in [0.15, 0.2) is 36.4 Å². The predicted octanol–water partition coefficient (Wildman–Crippen LogP) is 4.04. The van der Waals surface area contributed by atoms with Crippen LogP contribution in [0.1, 0.15) is 23.6 Å². The summed E-state index contributed by atoms with van der Waals surface area (Å²) in [4.78, 5) is 2.06. The van der Waals surface area contributed by atoms with E-state index in [1.807, 2.05) is 45.0 Å². The summed E-state index contributed by atoms with van der Waals surface area (Å²) in [5.41, 5.74) is 4.61. The zero-order chi connectivity index (χ0) is 14.7. The van der Waals surface area contributed by atoms with Gasteiger partial charge in [-0.15, -0.1) is 0 Å². The largest absolute Gasteiger partial charge is 0.508 e. The second-order valence-electron chi connectivity index (χ2n) is 4.85. The lowest BCUT2D eigenvalue weighted by Gasteiger charge is -2.26. The highest BCUT2D eigenvalue weighted by Gasteiger charge is 2.14. The standard InChI is InChI=1S/C17H18N2O/c1-4-19(16-10-15(20)8-6-13(16)3)17-9-12(2)5-7-14(17)11-18/h5-10,20H,4H2,1-3H3. The van der Waals surface area contributed by atoms with Crippen LogP contribution in [0.4, 0.5) is 11.4 Å². The van der Waals surface area contributed by atoms with Gasteiger partial charge in [0, 0.05) is 18.3 Å². The predicted molar refractivity (Wildman–Crippen MR) is 81.4 cm³/mol. The Bertz CT molecular complexity index is 671. The van der Waals surface area contributed by atoms with Crippen molar-refractivity contribution >= 4 is 11.4 Å². The van der Waals surface area contributed by atoms with Gasteiger partial charge in [-0.05, 0) is 50.1 Å². The molecule has 0 radical (unpaired) electrons. The van der Waals surface area contributed by atoms with E-state index in [1.54, 1.807) is 12.1 Å². The Morgan fingerprint density at radius 3 is 2.50 bits per heavy atom. The summed E-state index contributed by atoms with van der Waals surface area (Å²) in [5.74, 6) is 0.232.